The molecular weight excluding hydrogens is 687 g/mol. The molecule has 3 aromatic carbocycles. The average molecular weight is 721 g/mol. The Hall–Kier alpha value is -5.09. The summed E-state index contributed by atoms with van der Waals surface area (Å²) in [7, 11) is -0.862. The number of carbonyl (C=O) groups is 4. The predicted molar refractivity (Wildman–Crippen MR) is 168 cm³/mol. The molecule has 18 heteroatoms. The zero-order valence-corrected chi connectivity index (χ0v) is 28.5. The lowest BCUT2D eigenvalue weighted by Gasteiger charge is -2.40. The molecule has 2 N–H and O–H groups in total. The minimum absolute atomic E-state index is 0.0497. The van der Waals surface area contributed by atoms with Crippen molar-refractivity contribution in [2.75, 3.05) is 27.9 Å². The normalized spacial score (nSPS) is 19.9. The van der Waals surface area contributed by atoms with E-state index in [4.69, 9.17) is 47.2 Å². The molecule has 2 aliphatic heterocycles. The Labute approximate surface area is 284 Å². The number of hydrogen-bond donors (Lipinski definition) is 2. The number of methoxy groups -OCH3 is 3. The summed E-state index contributed by atoms with van der Waals surface area (Å²) in [5.74, 6) is -2.73. The number of hydrogen-bond acceptors (Lipinski definition) is 15. The maximum atomic E-state index is 13.5. The van der Waals surface area contributed by atoms with Gasteiger partial charge in [-0.1, -0.05) is 6.07 Å². The van der Waals surface area contributed by atoms with Gasteiger partial charge < -0.3 is 47.2 Å². The summed E-state index contributed by atoms with van der Waals surface area (Å²) < 4.78 is 66.9. The zero-order valence-electron chi connectivity index (χ0n) is 27.6. The number of phosphoric ester groups is 1. The van der Waals surface area contributed by atoms with E-state index in [9.17, 15) is 33.5 Å². The molecule has 50 heavy (non-hydrogen) atoms. The number of phosphoric acid groups is 1. The molecule has 0 radical (unpaired) electrons. The van der Waals surface area contributed by atoms with E-state index in [1.807, 2.05) is 0 Å². The maximum Gasteiger partial charge on any atom is 0.524 e. The van der Waals surface area contributed by atoms with Crippen molar-refractivity contribution >= 4 is 42.5 Å². The van der Waals surface area contributed by atoms with Crippen LogP contribution in [0.15, 0.2) is 30.3 Å². The third-order valence-corrected chi connectivity index (χ3v) is 8.06. The second-order valence-electron chi connectivity index (χ2n) is 10.9. The molecule has 2 heterocycles. The van der Waals surface area contributed by atoms with Crippen molar-refractivity contribution in [2.45, 2.75) is 52.0 Å². The Morgan fingerprint density at radius 3 is 1.94 bits per heavy atom. The standard InChI is InChI=1S/C32H33O17P/c1-14(33)45-25-13-44-32(30(47-16(3)35)29(25)46-15(2)34)48-28-19-11-24(42-6)23(41-5)10-18(19)26(27-20(28)12-43-31(27)36)17-7-8-21(22(9-17)40-4)49-50(37,38)39/h7-11,25,29-30,32H,12-13H2,1-6H3,(H2,37,38,39). The van der Waals surface area contributed by atoms with Gasteiger partial charge >= 0.3 is 31.7 Å². The number of carbonyl (C=O) groups excluding carboxylic acids is 4. The summed E-state index contributed by atoms with van der Waals surface area (Å²) >= 11 is 0. The van der Waals surface area contributed by atoms with Crippen LogP contribution >= 0.6 is 7.82 Å². The van der Waals surface area contributed by atoms with E-state index in [1.54, 1.807) is 12.1 Å². The van der Waals surface area contributed by atoms with Crippen molar-refractivity contribution in [3.05, 3.63) is 41.5 Å². The van der Waals surface area contributed by atoms with Gasteiger partial charge in [-0.3, -0.25) is 24.2 Å². The maximum absolute atomic E-state index is 13.5. The fourth-order valence-electron chi connectivity index (χ4n) is 5.80. The smallest absolute Gasteiger partial charge is 0.493 e. The van der Waals surface area contributed by atoms with Crippen LogP contribution in [0.4, 0.5) is 0 Å². The first-order valence-corrected chi connectivity index (χ1v) is 16.3. The Morgan fingerprint density at radius 1 is 0.780 bits per heavy atom. The van der Waals surface area contributed by atoms with Gasteiger partial charge in [-0.2, -0.15) is 0 Å². The van der Waals surface area contributed by atoms with Crippen LogP contribution < -0.4 is 23.5 Å². The van der Waals surface area contributed by atoms with E-state index in [1.165, 1.54) is 39.5 Å². The van der Waals surface area contributed by atoms with Crippen LogP contribution in [-0.2, 0) is 49.2 Å². The highest BCUT2D eigenvalue weighted by atomic mass is 31.2. The first-order valence-electron chi connectivity index (χ1n) is 14.8. The molecule has 0 spiro atoms. The third kappa shape index (κ3) is 7.40. The number of cyclic esters (lactones) is 1. The molecule has 0 bridgehead atoms. The van der Waals surface area contributed by atoms with Gasteiger partial charge in [0.1, 0.15) is 12.4 Å². The van der Waals surface area contributed by atoms with Crippen LogP contribution in [0.25, 0.3) is 21.9 Å². The highest BCUT2D eigenvalue weighted by Gasteiger charge is 2.49. The van der Waals surface area contributed by atoms with Crippen LogP contribution in [0, 0.1) is 0 Å². The molecule has 268 valence electrons. The van der Waals surface area contributed by atoms with Gasteiger partial charge in [-0.05, 0) is 35.2 Å². The summed E-state index contributed by atoms with van der Waals surface area (Å²) in [5.41, 5.74) is 0.959. The van der Waals surface area contributed by atoms with Gasteiger partial charge in [0.15, 0.2) is 35.2 Å². The van der Waals surface area contributed by atoms with Gasteiger partial charge in [0.2, 0.25) is 12.4 Å². The fourth-order valence-corrected chi connectivity index (χ4v) is 6.20. The Balaban J connectivity index is 1.74. The lowest BCUT2D eigenvalue weighted by Crippen LogP contribution is -2.59. The number of esters is 4. The van der Waals surface area contributed by atoms with Crippen LogP contribution in [0.1, 0.15) is 36.7 Å². The molecule has 1 fully saturated rings. The van der Waals surface area contributed by atoms with Gasteiger partial charge in [0, 0.05) is 37.3 Å². The summed E-state index contributed by atoms with van der Waals surface area (Å²) in [4.78, 5) is 68.5. The first-order chi connectivity index (χ1) is 23.6. The molecule has 4 unspecified atom stereocenters. The van der Waals surface area contributed by atoms with Crippen molar-refractivity contribution in [2.24, 2.45) is 0 Å². The SMILES string of the molecule is COc1cc2c(OC3OCC(OC(C)=O)C(OC(C)=O)C3OC(C)=O)c3c(c(-c4ccc(OP(=O)(O)O)c(OC)c4)c2cc1OC)C(=O)OC3. The predicted octanol–water partition coefficient (Wildman–Crippen LogP) is 3.20. The molecule has 2 aliphatic rings. The molecule has 5 rings (SSSR count). The second-order valence-corrected chi connectivity index (χ2v) is 12.1. The van der Waals surface area contributed by atoms with E-state index in [0.29, 0.717) is 21.9 Å². The molecule has 17 nitrogen and oxygen atoms in total. The molecule has 4 atom stereocenters. The Bertz CT molecular complexity index is 1900. The number of rotatable bonds is 11. The average Bonchev–Trinajstić information content (AvgIpc) is 3.42. The van der Waals surface area contributed by atoms with E-state index in [2.05, 4.69) is 0 Å². The van der Waals surface area contributed by atoms with Crippen molar-refractivity contribution in [3.8, 4) is 39.9 Å². The third-order valence-electron chi connectivity index (χ3n) is 7.62. The number of benzene rings is 3. The molecule has 1 saturated heterocycles. The molecule has 0 aliphatic carbocycles. The van der Waals surface area contributed by atoms with Gasteiger partial charge in [0.05, 0.1) is 33.5 Å². The van der Waals surface area contributed by atoms with Crippen molar-refractivity contribution < 1.29 is 80.7 Å². The lowest BCUT2D eigenvalue weighted by atomic mass is 9.89. The molecule has 0 saturated carbocycles. The molecular formula is C32H33O17P. The van der Waals surface area contributed by atoms with E-state index >= 15 is 0 Å². The Kier molecular flexibility index (Phi) is 10.4. The van der Waals surface area contributed by atoms with Gasteiger partial charge in [0.25, 0.3) is 0 Å². The monoisotopic (exact) mass is 720 g/mol. The van der Waals surface area contributed by atoms with Gasteiger partial charge in [-0.15, -0.1) is 0 Å². The quantitative estimate of drug-likeness (QED) is 0.165. The minimum atomic E-state index is -4.96. The van der Waals surface area contributed by atoms with Crippen molar-refractivity contribution in [1.29, 1.82) is 0 Å². The number of fused-ring (bicyclic) bond motifs is 2. The Morgan fingerprint density at radius 2 is 1.36 bits per heavy atom. The first kappa shape index (κ1) is 36.2. The van der Waals surface area contributed by atoms with Crippen molar-refractivity contribution in [1.82, 2.24) is 0 Å². The van der Waals surface area contributed by atoms with Crippen LogP contribution in [0.2, 0.25) is 0 Å². The minimum Gasteiger partial charge on any atom is -0.493 e. The van der Waals surface area contributed by atoms with Crippen LogP contribution in [0.5, 0.6) is 28.7 Å². The summed E-state index contributed by atoms with van der Waals surface area (Å²) in [5, 5.41) is 0.690. The van der Waals surface area contributed by atoms with Gasteiger partial charge in [-0.25, -0.2) is 9.36 Å². The molecule has 0 amide bonds. The summed E-state index contributed by atoms with van der Waals surface area (Å²) in [6, 6.07) is 7.31. The molecule has 0 aromatic heterocycles. The summed E-state index contributed by atoms with van der Waals surface area (Å²) in [6.07, 6.45) is -5.43. The topological polar surface area (TPSA) is 218 Å². The summed E-state index contributed by atoms with van der Waals surface area (Å²) in [6.45, 7) is 2.80. The molecule has 3 aromatic rings. The van der Waals surface area contributed by atoms with E-state index < -0.39 is 56.3 Å². The second kappa shape index (κ2) is 14.4. The van der Waals surface area contributed by atoms with Crippen molar-refractivity contribution in [3.63, 3.8) is 0 Å². The zero-order chi connectivity index (χ0) is 36.5. The largest absolute Gasteiger partial charge is 0.524 e. The van der Waals surface area contributed by atoms with E-state index in [0.717, 1.165) is 20.8 Å². The number of ether oxygens (including phenoxy) is 9. The van der Waals surface area contributed by atoms with Crippen LogP contribution in [-0.4, -0.2) is 86.2 Å². The van der Waals surface area contributed by atoms with E-state index in [-0.39, 0.29) is 53.1 Å². The highest BCUT2D eigenvalue weighted by Crippen LogP contribution is 2.50. The highest BCUT2D eigenvalue weighted by molar-refractivity contribution is 7.46. The lowest BCUT2D eigenvalue weighted by molar-refractivity contribution is -0.259. The van der Waals surface area contributed by atoms with Crippen LogP contribution in [0.3, 0.4) is 0 Å². The fraction of sp³-hybridized carbons (Fsp3) is 0.375.